The SMILES string of the molecule is CCCCN(CCCC)CCCNCC1C(=O)OC2CC3(C)CCCC(C)C3=CC21. The summed E-state index contributed by atoms with van der Waals surface area (Å²) in [7, 11) is 0. The molecule has 2 fully saturated rings. The average Bonchev–Trinajstić information content (AvgIpc) is 3.01. The fourth-order valence-corrected chi connectivity index (χ4v) is 6.07. The molecule has 0 aromatic carbocycles. The standard InChI is InChI=1S/C26H46N2O2/c1-5-7-14-28(15-8-6-2)16-10-13-27-19-22-21-17-23-20(3)11-9-12-26(23,4)18-24(21)30-25(22)29/h17,20-22,24,27H,5-16,18-19H2,1-4H3. The van der Waals surface area contributed by atoms with E-state index < -0.39 is 0 Å². The Morgan fingerprint density at radius 1 is 1.17 bits per heavy atom. The molecule has 0 radical (unpaired) electrons. The van der Waals surface area contributed by atoms with Gasteiger partial charge in [0.1, 0.15) is 6.10 Å². The Morgan fingerprint density at radius 2 is 1.87 bits per heavy atom. The fourth-order valence-electron chi connectivity index (χ4n) is 6.07. The molecule has 4 nitrogen and oxygen atoms in total. The van der Waals surface area contributed by atoms with Crippen LogP contribution in [0.2, 0.25) is 0 Å². The van der Waals surface area contributed by atoms with Crippen molar-refractivity contribution in [3.05, 3.63) is 11.6 Å². The maximum atomic E-state index is 12.6. The van der Waals surface area contributed by atoms with E-state index in [1.807, 2.05) is 0 Å². The van der Waals surface area contributed by atoms with Crippen LogP contribution < -0.4 is 5.32 Å². The molecule has 2 aliphatic carbocycles. The number of nitrogens with one attached hydrogen (secondary N) is 1. The van der Waals surface area contributed by atoms with Crippen molar-refractivity contribution in [2.24, 2.45) is 23.2 Å². The van der Waals surface area contributed by atoms with E-state index in [1.54, 1.807) is 5.57 Å². The van der Waals surface area contributed by atoms with E-state index >= 15 is 0 Å². The number of allylic oxidation sites excluding steroid dienone is 1. The Balaban J connectivity index is 1.48. The number of rotatable bonds is 12. The van der Waals surface area contributed by atoms with E-state index in [4.69, 9.17) is 4.74 Å². The molecule has 4 heteroatoms. The van der Waals surface area contributed by atoms with E-state index in [1.165, 1.54) is 58.0 Å². The summed E-state index contributed by atoms with van der Waals surface area (Å²) in [5.41, 5.74) is 1.86. The lowest BCUT2D eigenvalue weighted by atomic mass is 9.59. The van der Waals surface area contributed by atoms with Crippen LogP contribution in [0, 0.1) is 23.2 Å². The number of ether oxygens (including phenoxy) is 1. The summed E-state index contributed by atoms with van der Waals surface area (Å²) in [6.45, 7) is 14.7. The molecule has 1 saturated heterocycles. The van der Waals surface area contributed by atoms with E-state index in [0.29, 0.717) is 5.92 Å². The minimum Gasteiger partial charge on any atom is -0.461 e. The Morgan fingerprint density at radius 3 is 2.57 bits per heavy atom. The number of nitrogens with zero attached hydrogens (tertiary/aromatic N) is 1. The normalized spacial score (nSPS) is 33.2. The number of unbranched alkanes of at least 4 members (excludes halogenated alkanes) is 2. The van der Waals surface area contributed by atoms with Gasteiger partial charge in [0.25, 0.3) is 0 Å². The maximum absolute atomic E-state index is 12.6. The van der Waals surface area contributed by atoms with E-state index in [2.05, 4.69) is 44.0 Å². The van der Waals surface area contributed by atoms with Gasteiger partial charge in [-0.15, -0.1) is 0 Å². The summed E-state index contributed by atoms with van der Waals surface area (Å²) in [6, 6.07) is 0. The molecule has 1 aliphatic heterocycles. The van der Waals surface area contributed by atoms with Crippen LogP contribution in [0.4, 0.5) is 0 Å². The summed E-state index contributed by atoms with van der Waals surface area (Å²) >= 11 is 0. The van der Waals surface area contributed by atoms with E-state index in [0.717, 1.165) is 32.5 Å². The highest BCUT2D eigenvalue weighted by molar-refractivity contribution is 5.76. The van der Waals surface area contributed by atoms with Crippen molar-refractivity contribution in [1.82, 2.24) is 10.2 Å². The highest BCUT2D eigenvalue weighted by atomic mass is 16.6. The quantitative estimate of drug-likeness (QED) is 0.269. The molecule has 1 saturated carbocycles. The predicted molar refractivity (Wildman–Crippen MR) is 124 cm³/mol. The lowest BCUT2D eigenvalue weighted by Gasteiger charge is -2.46. The molecular weight excluding hydrogens is 372 g/mol. The largest absolute Gasteiger partial charge is 0.461 e. The van der Waals surface area contributed by atoms with Gasteiger partial charge in [-0.25, -0.2) is 0 Å². The van der Waals surface area contributed by atoms with Gasteiger partial charge in [-0.3, -0.25) is 4.79 Å². The molecule has 0 bridgehead atoms. The molecule has 0 aromatic rings. The second kappa shape index (κ2) is 11.1. The maximum Gasteiger partial charge on any atom is 0.311 e. The predicted octanol–water partition coefficient (Wildman–Crippen LogP) is 5.18. The molecule has 0 spiro atoms. The number of fused-ring (bicyclic) bond motifs is 2. The van der Waals surface area contributed by atoms with Gasteiger partial charge >= 0.3 is 5.97 Å². The van der Waals surface area contributed by atoms with Crippen LogP contribution in [0.15, 0.2) is 11.6 Å². The number of carbonyl (C=O) groups is 1. The molecule has 5 unspecified atom stereocenters. The molecule has 0 amide bonds. The molecule has 5 atom stereocenters. The van der Waals surface area contributed by atoms with Crippen molar-refractivity contribution in [1.29, 1.82) is 0 Å². The van der Waals surface area contributed by atoms with E-state index in [9.17, 15) is 4.79 Å². The van der Waals surface area contributed by atoms with Crippen LogP contribution in [0.5, 0.6) is 0 Å². The highest BCUT2D eigenvalue weighted by Crippen LogP contribution is 2.53. The molecule has 3 aliphatic rings. The smallest absolute Gasteiger partial charge is 0.311 e. The van der Waals surface area contributed by atoms with Crippen molar-refractivity contribution in [2.75, 3.05) is 32.7 Å². The first kappa shape index (κ1) is 23.8. The van der Waals surface area contributed by atoms with Crippen molar-refractivity contribution < 1.29 is 9.53 Å². The summed E-state index contributed by atoms with van der Waals surface area (Å²) in [4.78, 5) is 15.3. The minimum absolute atomic E-state index is 0.00235. The number of esters is 1. The summed E-state index contributed by atoms with van der Waals surface area (Å²) in [5.74, 6) is 0.958. The molecular formula is C26H46N2O2. The molecule has 0 aromatic heterocycles. The van der Waals surface area contributed by atoms with Crippen molar-refractivity contribution in [3.63, 3.8) is 0 Å². The average molecular weight is 419 g/mol. The van der Waals surface area contributed by atoms with Crippen LogP contribution >= 0.6 is 0 Å². The lowest BCUT2D eigenvalue weighted by molar-refractivity contribution is -0.145. The minimum atomic E-state index is -0.00235. The zero-order valence-corrected chi connectivity index (χ0v) is 20.0. The summed E-state index contributed by atoms with van der Waals surface area (Å²) in [6.07, 6.45) is 13.7. The monoisotopic (exact) mass is 418 g/mol. The Kier molecular flexibility index (Phi) is 8.82. The van der Waals surface area contributed by atoms with Gasteiger partial charge in [0, 0.05) is 12.5 Å². The molecule has 172 valence electrons. The molecule has 30 heavy (non-hydrogen) atoms. The van der Waals surface area contributed by atoms with Gasteiger partial charge in [0.2, 0.25) is 0 Å². The zero-order chi connectivity index (χ0) is 21.6. The van der Waals surface area contributed by atoms with Gasteiger partial charge < -0.3 is 15.0 Å². The van der Waals surface area contributed by atoms with Crippen molar-refractivity contribution in [2.45, 2.75) is 91.6 Å². The van der Waals surface area contributed by atoms with Crippen LogP contribution in [0.25, 0.3) is 0 Å². The van der Waals surface area contributed by atoms with Crippen molar-refractivity contribution in [3.8, 4) is 0 Å². The number of hydrogen-bond donors (Lipinski definition) is 1. The first-order valence-electron chi connectivity index (χ1n) is 12.8. The van der Waals surface area contributed by atoms with Gasteiger partial charge in [0.05, 0.1) is 5.92 Å². The number of hydrogen-bond acceptors (Lipinski definition) is 4. The third kappa shape index (κ3) is 5.68. The molecule has 1 N–H and O–H groups in total. The first-order chi connectivity index (χ1) is 14.5. The van der Waals surface area contributed by atoms with Gasteiger partial charge in [0.15, 0.2) is 0 Å². The highest BCUT2D eigenvalue weighted by Gasteiger charge is 2.51. The second-order valence-corrected chi connectivity index (χ2v) is 10.4. The van der Waals surface area contributed by atoms with Gasteiger partial charge in [-0.1, -0.05) is 58.6 Å². The summed E-state index contributed by atoms with van der Waals surface area (Å²) < 4.78 is 5.88. The van der Waals surface area contributed by atoms with Crippen LogP contribution in [0.1, 0.15) is 85.5 Å². The third-order valence-electron chi connectivity index (χ3n) is 7.93. The zero-order valence-electron chi connectivity index (χ0n) is 20.0. The van der Waals surface area contributed by atoms with Gasteiger partial charge in [-0.2, -0.15) is 0 Å². The fraction of sp³-hybridized carbons (Fsp3) is 0.885. The Bertz CT molecular complexity index is 582. The third-order valence-corrected chi connectivity index (χ3v) is 7.93. The second-order valence-electron chi connectivity index (χ2n) is 10.4. The Hall–Kier alpha value is -0.870. The molecule has 1 heterocycles. The van der Waals surface area contributed by atoms with Crippen LogP contribution in [-0.4, -0.2) is 49.7 Å². The van der Waals surface area contributed by atoms with Crippen molar-refractivity contribution >= 4 is 5.97 Å². The summed E-state index contributed by atoms with van der Waals surface area (Å²) in [5, 5.41) is 3.59. The van der Waals surface area contributed by atoms with Crippen LogP contribution in [-0.2, 0) is 9.53 Å². The lowest BCUT2D eigenvalue weighted by Crippen LogP contribution is -2.40. The molecule has 3 rings (SSSR count). The Labute approximate surface area is 185 Å². The van der Waals surface area contributed by atoms with Gasteiger partial charge in [-0.05, 0) is 76.0 Å². The first-order valence-corrected chi connectivity index (χ1v) is 12.8. The number of carbonyl (C=O) groups excluding carboxylic acids is 1. The topological polar surface area (TPSA) is 41.6 Å². The van der Waals surface area contributed by atoms with E-state index in [-0.39, 0.29) is 29.3 Å². The van der Waals surface area contributed by atoms with Crippen LogP contribution in [0.3, 0.4) is 0 Å².